The second kappa shape index (κ2) is 7.48. The lowest BCUT2D eigenvalue weighted by atomic mass is 10.1. The number of methoxy groups -OCH3 is 2. The van der Waals surface area contributed by atoms with Crippen molar-refractivity contribution in [2.24, 2.45) is 0 Å². The van der Waals surface area contributed by atoms with E-state index in [2.05, 4.69) is 46.4 Å². The van der Waals surface area contributed by atoms with Gasteiger partial charge in [-0.3, -0.25) is 0 Å². The van der Waals surface area contributed by atoms with Crippen LogP contribution in [0.3, 0.4) is 0 Å². The van der Waals surface area contributed by atoms with E-state index in [-0.39, 0.29) is 6.04 Å². The lowest BCUT2D eigenvalue weighted by molar-refractivity contribution is 0.185. The van der Waals surface area contributed by atoms with Crippen molar-refractivity contribution in [2.45, 2.75) is 19.6 Å². The highest BCUT2D eigenvalue weighted by atomic mass is 79.9. The third kappa shape index (κ3) is 3.99. The summed E-state index contributed by atoms with van der Waals surface area (Å²) in [5.74, 6) is 0.869. The molecule has 112 valence electrons. The van der Waals surface area contributed by atoms with E-state index in [4.69, 9.17) is 9.47 Å². The molecular formula is C17H20BrNO2. The molecule has 3 nitrogen and oxygen atoms in total. The molecule has 2 aromatic carbocycles. The maximum Gasteiger partial charge on any atom is 0.118 e. The maximum absolute atomic E-state index is 5.28. The molecule has 0 spiro atoms. The number of nitrogens with one attached hydrogen (secondary N) is 1. The van der Waals surface area contributed by atoms with E-state index >= 15 is 0 Å². The van der Waals surface area contributed by atoms with E-state index < -0.39 is 0 Å². The molecule has 1 N–H and O–H groups in total. The number of rotatable bonds is 6. The molecule has 0 bridgehead atoms. The monoisotopic (exact) mass is 349 g/mol. The molecule has 0 amide bonds. The van der Waals surface area contributed by atoms with Gasteiger partial charge in [0.2, 0.25) is 0 Å². The van der Waals surface area contributed by atoms with Gasteiger partial charge in [-0.2, -0.15) is 0 Å². The minimum Gasteiger partial charge on any atom is -0.497 e. The second-order valence-electron chi connectivity index (χ2n) is 4.84. The molecule has 0 fully saturated rings. The van der Waals surface area contributed by atoms with Gasteiger partial charge in [0.05, 0.1) is 13.7 Å². The number of benzene rings is 2. The van der Waals surface area contributed by atoms with E-state index in [1.807, 2.05) is 24.3 Å². The Morgan fingerprint density at radius 3 is 2.43 bits per heavy atom. The lowest BCUT2D eigenvalue weighted by Crippen LogP contribution is -2.09. The summed E-state index contributed by atoms with van der Waals surface area (Å²) in [6.45, 7) is 2.71. The topological polar surface area (TPSA) is 30.5 Å². The normalized spacial score (nSPS) is 12.0. The standard InChI is InChI=1S/C17H20BrNO2/c1-12(13-7-9-14(21-3)10-8-13)19-17-6-4-5-16(18)15(17)11-20-2/h4-10,12,19H,11H2,1-3H3. The van der Waals surface area contributed by atoms with Gasteiger partial charge in [0.25, 0.3) is 0 Å². The first-order valence-corrected chi connectivity index (χ1v) is 7.61. The van der Waals surface area contributed by atoms with Crippen molar-refractivity contribution in [1.82, 2.24) is 0 Å². The molecular weight excluding hydrogens is 330 g/mol. The molecule has 0 aromatic heterocycles. The van der Waals surface area contributed by atoms with E-state index in [1.165, 1.54) is 5.56 Å². The largest absolute Gasteiger partial charge is 0.497 e. The smallest absolute Gasteiger partial charge is 0.118 e. The van der Waals surface area contributed by atoms with Gasteiger partial charge >= 0.3 is 0 Å². The molecule has 4 heteroatoms. The van der Waals surface area contributed by atoms with Crippen LogP contribution in [0.2, 0.25) is 0 Å². The predicted octanol–water partition coefficient (Wildman–Crippen LogP) is 4.78. The number of halogens is 1. The van der Waals surface area contributed by atoms with Crippen LogP contribution in [0.4, 0.5) is 5.69 Å². The summed E-state index contributed by atoms with van der Waals surface area (Å²) in [4.78, 5) is 0. The first kappa shape index (κ1) is 15.9. The highest BCUT2D eigenvalue weighted by Gasteiger charge is 2.10. The second-order valence-corrected chi connectivity index (χ2v) is 5.69. The molecule has 2 rings (SSSR count). The number of anilines is 1. The molecule has 0 radical (unpaired) electrons. The molecule has 0 aliphatic carbocycles. The van der Waals surface area contributed by atoms with Crippen molar-refractivity contribution in [1.29, 1.82) is 0 Å². The van der Waals surface area contributed by atoms with Crippen LogP contribution < -0.4 is 10.1 Å². The highest BCUT2D eigenvalue weighted by molar-refractivity contribution is 9.10. The highest BCUT2D eigenvalue weighted by Crippen LogP contribution is 2.29. The van der Waals surface area contributed by atoms with E-state index in [0.717, 1.165) is 21.5 Å². The van der Waals surface area contributed by atoms with Crippen molar-refractivity contribution >= 4 is 21.6 Å². The van der Waals surface area contributed by atoms with Crippen LogP contribution in [0, 0.1) is 0 Å². The van der Waals surface area contributed by atoms with E-state index in [9.17, 15) is 0 Å². The minimum absolute atomic E-state index is 0.195. The Kier molecular flexibility index (Phi) is 5.65. The molecule has 2 aromatic rings. The van der Waals surface area contributed by atoms with Crippen molar-refractivity contribution in [2.75, 3.05) is 19.5 Å². The Morgan fingerprint density at radius 2 is 1.81 bits per heavy atom. The maximum atomic E-state index is 5.28. The molecule has 0 aliphatic rings. The predicted molar refractivity (Wildman–Crippen MR) is 89.9 cm³/mol. The summed E-state index contributed by atoms with van der Waals surface area (Å²) >= 11 is 3.58. The molecule has 0 saturated carbocycles. The van der Waals surface area contributed by atoms with Crippen LogP contribution in [-0.2, 0) is 11.3 Å². The van der Waals surface area contributed by atoms with E-state index in [0.29, 0.717) is 6.61 Å². The van der Waals surface area contributed by atoms with Gasteiger partial charge in [-0.25, -0.2) is 0 Å². The van der Waals surface area contributed by atoms with Crippen LogP contribution in [0.1, 0.15) is 24.1 Å². The third-order valence-corrected chi connectivity index (χ3v) is 4.14. The van der Waals surface area contributed by atoms with Gasteiger partial charge in [0.15, 0.2) is 0 Å². The summed E-state index contributed by atoms with van der Waals surface area (Å²) in [6.07, 6.45) is 0. The van der Waals surface area contributed by atoms with Crippen LogP contribution >= 0.6 is 15.9 Å². The zero-order valence-corrected chi connectivity index (χ0v) is 14.1. The summed E-state index contributed by atoms with van der Waals surface area (Å²) in [5.41, 5.74) is 3.41. The quantitative estimate of drug-likeness (QED) is 0.814. The Morgan fingerprint density at radius 1 is 1.10 bits per heavy atom. The molecule has 0 heterocycles. The summed E-state index contributed by atoms with van der Waals surface area (Å²) < 4.78 is 11.5. The van der Waals surface area contributed by atoms with Crippen molar-refractivity contribution in [3.05, 3.63) is 58.1 Å². The third-order valence-electron chi connectivity index (χ3n) is 3.40. The van der Waals surface area contributed by atoms with Crippen LogP contribution in [0.5, 0.6) is 5.75 Å². The van der Waals surface area contributed by atoms with Gasteiger partial charge in [-0.15, -0.1) is 0 Å². The molecule has 21 heavy (non-hydrogen) atoms. The summed E-state index contributed by atoms with van der Waals surface area (Å²) in [7, 11) is 3.38. The minimum atomic E-state index is 0.195. The van der Waals surface area contributed by atoms with Gasteiger partial charge in [0, 0.05) is 28.9 Å². The zero-order chi connectivity index (χ0) is 15.2. The van der Waals surface area contributed by atoms with Crippen molar-refractivity contribution < 1.29 is 9.47 Å². The average molecular weight is 350 g/mol. The van der Waals surface area contributed by atoms with E-state index in [1.54, 1.807) is 14.2 Å². The number of hydrogen-bond acceptors (Lipinski definition) is 3. The summed E-state index contributed by atoms with van der Waals surface area (Å²) in [5, 5.41) is 3.54. The lowest BCUT2D eigenvalue weighted by Gasteiger charge is -2.19. The van der Waals surface area contributed by atoms with Crippen LogP contribution in [-0.4, -0.2) is 14.2 Å². The van der Waals surface area contributed by atoms with Crippen molar-refractivity contribution in [3.63, 3.8) is 0 Å². The first-order valence-electron chi connectivity index (χ1n) is 6.82. The average Bonchev–Trinajstić information content (AvgIpc) is 2.51. The fourth-order valence-electron chi connectivity index (χ4n) is 2.19. The van der Waals surface area contributed by atoms with Crippen LogP contribution in [0.15, 0.2) is 46.9 Å². The first-order chi connectivity index (χ1) is 10.2. The molecule has 0 saturated heterocycles. The molecule has 1 atom stereocenters. The van der Waals surface area contributed by atoms with Crippen molar-refractivity contribution in [3.8, 4) is 5.75 Å². The molecule has 0 aliphatic heterocycles. The number of hydrogen-bond donors (Lipinski definition) is 1. The Hall–Kier alpha value is -1.52. The van der Waals surface area contributed by atoms with Gasteiger partial charge in [0.1, 0.15) is 5.75 Å². The van der Waals surface area contributed by atoms with Gasteiger partial charge in [-0.1, -0.05) is 34.1 Å². The Bertz CT molecular complexity index is 584. The fraction of sp³-hybridized carbons (Fsp3) is 0.294. The van der Waals surface area contributed by atoms with Gasteiger partial charge < -0.3 is 14.8 Å². The Labute approximate surface area is 134 Å². The SMILES string of the molecule is COCc1c(Br)cccc1NC(C)c1ccc(OC)cc1. The fourth-order valence-corrected chi connectivity index (χ4v) is 2.67. The molecule has 1 unspecified atom stereocenters. The van der Waals surface area contributed by atoms with Gasteiger partial charge in [-0.05, 0) is 36.8 Å². The Balaban J connectivity index is 2.18. The summed E-state index contributed by atoms with van der Waals surface area (Å²) in [6, 6.07) is 14.4. The zero-order valence-electron chi connectivity index (χ0n) is 12.5. The number of ether oxygens (including phenoxy) is 2. The van der Waals surface area contributed by atoms with Crippen LogP contribution in [0.25, 0.3) is 0 Å².